The highest BCUT2D eigenvalue weighted by molar-refractivity contribution is 7.93. The number of aryl methyl sites for hydroxylation is 1. The molecule has 0 amide bonds. The van der Waals surface area contributed by atoms with E-state index in [9.17, 15) is 21.6 Å². The first kappa shape index (κ1) is 16.6. The van der Waals surface area contributed by atoms with Crippen molar-refractivity contribution in [3.8, 4) is 0 Å². The third-order valence-electron chi connectivity index (χ3n) is 4.07. The Morgan fingerprint density at radius 3 is 2.48 bits per heavy atom. The van der Waals surface area contributed by atoms with Gasteiger partial charge in [-0.2, -0.15) is 21.6 Å². The van der Waals surface area contributed by atoms with Gasteiger partial charge in [0.05, 0.1) is 0 Å². The first-order valence-electron chi connectivity index (χ1n) is 7.29. The van der Waals surface area contributed by atoms with Gasteiger partial charge < -0.3 is 0 Å². The van der Waals surface area contributed by atoms with E-state index in [1.165, 1.54) is 0 Å². The number of sulfonamides is 1. The zero-order valence-corrected chi connectivity index (χ0v) is 14.1. The van der Waals surface area contributed by atoms with Gasteiger partial charge in [0.25, 0.3) is 0 Å². The number of anilines is 1. The molecular formula is C15H16F3NO2S2. The summed E-state index contributed by atoms with van der Waals surface area (Å²) < 4.78 is 64.6. The molecule has 1 aromatic heterocycles. The van der Waals surface area contributed by atoms with Gasteiger partial charge in [0.2, 0.25) is 0 Å². The zero-order chi connectivity index (χ0) is 16.8. The first-order valence-corrected chi connectivity index (χ1v) is 9.54. The van der Waals surface area contributed by atoms with Crippen molar-refractivity contribution in [2.24, 2.45) is 5.92 Å². The maximum Gasteiger partial charge on any atom is 0.516 e. The monoisotopic (exact) mass is 363 g/mol. The fraction of sp³-hybridized carbons (Fsp3) is 0.467. The average Bonchev–Trinajstić information content (AvgIpc) is 3.23. The molecular weight excluding hydrogens is 347 g/mol. The van der Waals surface area contributed by atoms with Crippen molar-refractivity contribution in [2.75, 3.05) is 10.8 Å². The molecule has 0 aliphatic heterocycles. The van der Waals surface area contributed by atoms with E-state index in [4.69, 9.17) is 0 Å². The van der Waals surface area contributed by atoms with E-state index >= 15 is 0 Å². The minimum absolute atomic E-state index is 0.125. The Bertz CT molecular complexity index is 823. The van der Waals surface area contributed by atoms with E-state index < -0.39 is 15.5 Å². The Hall–Kier alpha value is -1.28. The van der Waals surface area contributed by atoms with Crippen molar-refractivity contribution in [3.63, 3.8) is 0 Å². The maximum atomic E-state index is 13.1. The molecule has 23 heavy (non-hydrogen) atoms. The van der Waals surface area contributed by atoms with Crippen molar-refractivity contribution in [1.29, 1.82) is 0 Å². The summed E-state index contributed by atoms with van der Waals surface area (Å²) in [5.74, 6) is 0.343. The number of thiophene rings is 1. The normalized spacial score (nSPS) is 16.0. The molecule has 0 radical (unpaired) electrons. The van der Waals surface area contributed by atoms with Crippen molar-refractivity contribution < 1.29 is 21.6 Å². The van der Waals surface area contributed by atoms with Crippen LogP contribution in [0.4, 0.5) is 18.2 Å². The van der Waals surface area contributed by atoms with E-state index in [0.717, 1.165) is 34.3 Å². The summed E-state index contributed by atoms with van der Waals surface area (Å²) >= 11 is 1.09. The number of hydrogen-bond donors (Lipinski definition) is 0. The Balaban J connectivity index is 2.07. The Labute approximate surface area is 136 Å². The Morgan fingerprint density at radius 2 is 1.91 bits per heavy atom. The van der Waals surface area contributed by atoms with Crippen LogP contribution in [-0.4, -0.2) is 20.5 Å². The molecule has 0 spiro atoms. The van der Waals surface area contributed by atoms with Gasteiger partial charge >= 0.3 is 15.5 Å². The predicted octanol–water partition coefficient (Wildman–Crippen LogP) is 4.67. The average molecular weight is 363 g/mol. The number of fused-ring (bicyclic) bond motifs is 1. The van der Waals surface area contributed by atoms with Crippen molar-refractivity contribution >= 4 is 36.4 Å². The van der Waals surface area contributed by atoms with Crippen LogP contribution < -0.4 is 4.31 Å². The van der Waals surface area contributed by atoms with Gasteiger partial charge in [0, 0.05) is 11.2 Å². The minimum atomic E-state index is -5.39. The summed E-state index contributed by atoms with van der Waals surface area (Å²) in [5.41, 5.74) is -4.71. The highest BCUT2D eigenvalue weighted by atomic mass is 32.2. The van der Waals surface area contributed by atoms with Crippen LogP contribution in [0.5, 0.6) is 0 Å². The maximum absolute atomic E-state index is 13.1. The van der Waals surface area contributed by atoms with Crippen molar-refractivity contribution in [2.45, 2.75) is 31.7 Å². The van der Waals surface area contributed by atoms with Gasteiger partial charge in [-0.15, -0.1) is 11.3 Å². The lowest BCUT2D eigenvalue weighted by Crippen LogP contribution is -2.41. The second-order valence-electron chi connectivity index (χ2n) is 5.78. The minimum Gasteiger partial charge on any atom is -0.253 e. The predicted molar refractivity (Wildman–Crippen MR) is 86.2 cm³/mol. The molecule has 2 aromatic rings. The molecule has 0 saturated heterocycles. The summed E-state index contributed by atoms with van der Waals surface area (Å²) in [6, 6.07) is 7.16. The van der Waals surface area contributed by atoms with Crippen LogP contribution in [0.1, 0.15) is 24.8 Å². The van der Waals surface area contributed by atoms with Gasteiger partial charge in [-0.1, -0.05) is 31.0 Å². The van der Waals surface area contributed by atoms with Gasteiger partial charge in [-0.05, 0) is 36.3 Å². The SMILES string of the molecule is Cc1c(N(CCC2CC2)S(=O)(=O)C(F)(F)F)sc2ccccc12. The Kier molecular flexibility index (Phi) is 4.08. The molecule has 0 bridgehead atoms. The first-order chi connectivity index (χ1) is 10.7. The zero-order valence-electron chi connectivity index (χ0n) is 12.4. The smallest absolute Gasteiger partial charge is 0.253 e. The van der Waals surface area contributed by atoms with Crippen LogP contribution in [0.3, 0.4) is 0 Å². The van der Waals surface area contributed by atoms with Gasteiger partial charge in [-0.3, -0.25) is 4.31 Å². The number of alkyl halides is 3. The number of benzene rings is 1. The van der Waals surface area contributed by atoms with Crippen LogP contribution in [0.15, 0.2) is 24.3 Å². The largest absolute Gasteiger partial charge is 0.516 e. The Morgan fingerprint density at radius 1 is 1.26 bits per heavy atom. The number of nitrogens with zero attached hydrogens (tertiary/aromatic N) is 1. The van der Waals surface area contributed by atoms with E-state index in [1.807, 2.05) is 0 Å². The summed E-state index contributed by atoms with van der Waals surface area (Å²) in [6.45, 7) is 1.55. The molecule has 3 rings (SSSR count). The van der Waals surface area contributed by atoms with Gasteiger partial charge in [0.15, 0.2) is 0 Å². The fourth-order valence-electron chi connectivity index (χ4n) is 2.56. The molecule has 3 nitrogen and oxygen atoms in total. The lowest BCUT2D eigenvalue weighted by Gasteiger charge is -2.24. The standard InChI is InChI=1S/C15H16F3NO2S2/c1-10-12-4-2-3-5-13(12)22-14(10)19(9-8-11-6-7-11)23(20,21)15(16,17)18/h2-5,11H,6-9H2,1H3. The molecule has 8 heteroatoms. The number of hydrogen-bond acceptors (Lipinski definition) is 3. The fourth-order valence-corrected chi connectivity index (χ4v) is 5.06. The molecule has 126 valence electrons. The molecule has 1 saturated carbocycles. The molecule has 1 aromatic carbocycles. The molecule has 0 unspecified atom stereocenters. The molecule has 1 aliphatic carbocycles. The molecule has 0 atom stereocenters. The highest BCUT2D eigenvalue weighted by Gasteiger charge is 2.51. The summed E-state index contributed by atoms with van der Waals surface area (Å²) in [4.78, 5) is 0. The third-order valence-corrected chi connectivity index (χ3v) is 7.01. The van der Waals surface area contributed by atoms with Crippen LogP contribution in [0.25, 0.3) is 10.1 Å². The molecule has 1 heterocycles. The number of halogens is 3. The highest BCUT2D eigenvalue weighted by Crippen LogP contribution is 2.42. The second-order valence-corrected chi connectivity index (χ2v) is 8.67. The second kappa shape index (κ2) is 5.66. The lowest BCUT2D eigenvalue weighted by atomic mass is 10.2. The van der Waals surface area contributed by atoms with E-state index in [1.54, 1.807) is 31.2 Å². The summed E-state index contributed by atoms with van der Waals surface area (Å²) in [7, 11) is -5.39. The van der Waals surface area contributed by atoms with E-state index in [-0.39, 0.29) is 11.5 Å². The quantitative estimate of drug-likeness (QED) is 0.774. The van der Waals surface area contributed by atoms with Crippen molar-refractivity contribution in [1.82, 2.24) is 0 Å². The van der Waals surface area contributed by atoms with E-state index in [2.05, 4.69) is 0 Å². The van der Waals surface area contributed by atoms with Crippen LogP contribution in [0.2, 0.25) is 0 Å². The van der Waals surface area contributed by atoms with Gasteiger partial charge in [0.1, 0.15) is 5.00 Å². The van der Waals surface area contributed by atoms with Crippen LogP contribution in [0, 0.1) is 12.8 Å². The third kappa shape index (κ3) is 3.06. The van der Waals surface area contributed by atoms with E-state index in [0.29, 0.717) is 22.2 Å². The molecule has 1 aliphatic rings. The van der Waals surface area contributed by atoms with Crippen molar-refractivity contribution in [3.05, 3.63) is 29.8 Å². The summed E-state index contributed by atoms with van der Waals surface area (Å²) in [5, 5.41) is 0.963. The van der Waals surface area contributed by atoms with Crippen LogP contribution >= 0.6 is 11.3 Å². The van der Waals surface area contributed by atoms with Crippen LogP contribution in [-0.2, 0) is 10.0 Å². The topological polar surface area (TPSA) is 37.4 Å². The molecule has 1 fully saturated rings. The van der Waals surface area contributed by atoms with Gasteiger partial charge in [-0.25, -0.2) is 0 Å². The number of rotatable bonds is 5. The summed E-state index contributed by atoms with van der Waals surface area (Å²) in [6.07, 6.45) is 2.39. The molecule has 0 N–H and O–H groups in total. The lowest BCUT2D eigenvalue weighted by molar-refractivity contribution is -0.0438.